The Morgan fingerprint density at radius 2 is 2.19 bits per heavy atom. The lowest BCUT2D eigenvalue weighted by molar-refractivity contribution is 0.361. The van der Waals surface area contributed by atoms with Crippen LogP contribution < -0.4 is 4.74 Å². The monoisotopic (exact) mass is 307 g/mol. The lowest BCUT2D eigenvalue weighted by atomic mass is 9.98. The van der Waals surface area contributed by atoms with Crippen LogP contribution in [0, 0.1) is 11.8 Å². The fraction of sp³-hybridized carbons (Fsp3) is 0.625. The van der Waals surface area contributed by atoms with Crippen molar-refractivity contribution in [1.29, 1.82) is 0 Å². The van der Waals surface area contributed by atoms with Crippen LogP contribution in [0.4, 0.5) is 0 Å². The molecule has 0 aromatic carbocycles. The lowest BCUT2D eigenvalue weighted by Gasteiger charge is -2.18. The zero-order chi connectivity index (χ0) is 15.0. The standard InChI is InChI=1S/C16H22ClN3O/c1-10-5-4-6-12(10)9-20-15(11(2)17)18-13-7-8-14(21-3)19-16(13)20/h7-8,10-12H,4-6,9H2,1-3H3. The van der Waals surface area contributed by atoms with Crippen molar-refractivity contribution < 1.29 is 4.74 Å². The molecule has 0 spiro atoms. The fourth-order valence-electron chi connectivity index (χ4n) is 3.33. The van der Waals surface area contributed by atoms with E-state index in [1.807, 2.05) is 19.1 Å². The summed E-state index contributed by atoms with van der Waals surface area (Å²) >= 11 is 6.33. The molecule has 0 N–H and O–H groups in total. The summed E-state index contributed by atoms with van der Waals surface area (Å²) in [5, 5.41) is -0.123. The highest BCUT2D eigenvalue weighted by atomic mass is 35.5. The normalized spacial score (nSPS) is 23.6. The molecule has 4 nitrogen and oxygen atoms in total. The molecule has 3 rings (SSSR count). The van der Waals surface area contributed by atoms with Gasteiger partial charge in [0.1, 0.15) is 11.3 Å². The maximum atomic E-state index is 6.33. The average molecular weight is 308 g/mol. The van der Waals surface area contributed by atoms with Gasteiger partial charge in [0.25, 0.3) is 0 Å². The van der Waals surface area contributed by atoms with Crippen molar-refractivity contribution in [2.75, 3.05) is 7.11 Å². The Morgan fingerprint density at radius 1 is 1.38 bits per heavy atom. The second-order valence-electron chi connectivity index (χ2n) is 6.06. The Kier molecular flexibility index (Phi) is 4.07. The average Bonchev–Trinajstić information content (AvgIpc) is 3.03. The number of aromatic nitrogens is 3. The van der Waals surface area contributed by atoms with E-state index in [9.17, 15) is 0 Å². The quantitative estimate of drug-likeness (QED) is 0.796. The van der Waals surface area contributed by atoms with Crippen molar-refractivity contribution in [3.63, 3.8) is 0 Å². The van der Waals surface area contributed by atoms with Crippen molar-refractivity contribution in [2.24, 2.45) is 11.8 Å². The van der Waals surface area contributed by atoms with Gasteiger partial charge in [0.05, 0.1) is 12.5 Å². The van der Waals surface area contributed by atoms with Crippen LogP contribution in [-0.2, 0) is 6.54 Å². The van der Waals surface area contributed by atoms with Crippen LogP contribution in [0.15, 0.2) is 12.1 Å². The largest absolute Gasteiger partial charge is 0.481 e. The summed E-state index contributed by atoms with van der Waals surface area (Å²) in [6.07, 6.45) is 3.92. The Morgan fingerprint density at radius 3 is 2.81 bits per heavy atom. The van der Waals surface area contributed by atoms with Gasteiger partial charge in [0.15, 0.2) is 5.65 Å². The summed E-state index contributed by atoms with van der Waals surface area (Å²) in [5.41, 5.74) is 1.78. The van der Waals surface area contributed by atoms with Crippen molar-refractivity contribution in [1.82, 2.24) is 14.5 Å². The zero-order valence-electron chi connectivity index (χ0n) is 12.8. The van der Waals surface area contributed by atoms with E-state index in [0.29, 0.717) is 11.8 Å². The maximum absolute atomic E-state index is 6.33. The first-order chi connectivity index (χ1) is 10.1. The van der Waals surface area contributed by atoms with Gasteiger partial charge in [-0.05, 0) is 31.2 Å². The van der Waals surface area contributed by atoms with E-state index in [-0.39, 0.29) is 5.38 Å². The first kappa shape index (κ1) is 14.6. The van der Waals surface area contributed by atoms with Crippen molar-refractivity contribution in [3.8, 4) is 5.88 Å². The fourth-order valence-corrected chi connectivity index (χ4v) is 3.49. The molecule has 1 aliphatic rings. The summed E-state index contributed by atoms with van der Waals surface area (Å²) in [4.78, 5) is 9.25. The van der Waals surface area contributed by atoms with Crippen LogP contribution in [0.25, 0.3) is 11.2 Å². The molecule has 3 atom stereocenters. The van der Waals surface area contributed by atoms with Crippen molar-refractivity contribution >= 4 is 22.8 Å². The van der Waals surface area contributed by atoms with Crippen LogP contribution in [0.5, 0.6) is 5.88 Å². The van der Waals surface area contributed by atoms with Gasteiger partial charge in [0.2, 0.25) is 5.88 Å². The third-order valence-electron chi connectivity index (χ3n) is 4.62. The van der Waals surface area contributed by atoms with Gasteiger partial charge < -0.3 is 9.30 Å². The minimum atomic E-state index is -0.123. The van der Waals surface area contributed by atoms with E-state index in [0.717, 1.165) is 29.5 Å². The van der Waals surface area contributed by atoms with E-state index in [2.05, 4.69) is 21.5 Å². The number of fused-ring (bicyclic) bond motifs is 1. The van der Waals surface area contributed by atoms with E-state index >= 15 is 0 Å². The molecule has 2 aromatic rings. The molecule has 3 unspecified atom stereocenters. The van der Waals surface area contributed by atoms with E-state index in [1.54, 1.807) is 7.11 Å². The van der Waals surface area contributed by atoms with Gasteiger partial charge in [-0.1, -0.05) is 19.8 Å². The third-order valence-corrected chi connectivity index (χ3v) is 4.81. The first-order valence-electron chi connectivity index (χ1n) is 7.65. The number of halogens is 1. The smallest absolute Gasteiger partial charge is 0.215 e. The number of imidazole rings is 1. The summed E-state index contributed by atoms with van der Waals surface area (Å²) in [6, 6.07) is 3.80. The van der Waals surface area contributed by atoms with Crippen LogP contribution in [0.2, 0.25) is 0 Å². The molecule has 0 radical (unpaired) electrons. The summed E-state index contributed by atoms with van der Waals surface area (Å²) in [7, 11) is 1.64. The van der Waals surface area contributed by atoms with Gasteiger partial charge >= 0.3 is 0 Å². The Hall–Kier alpha value is -1.29. The molecule has 5 heteroatoms. The number of pyridine rings is 1. The highest BCUT2D eigenvalue weighted by Crippen LogP contribution is 2.34. The lowest BCUT2D eigenvalue weighted by Crippen LogP contribution is -2.16. The van der Waals surface area contributed by atoms with Crippen LogP contribution in [0.3, 0.4) is 0 Å². The topological polar surface area (TPSA) is 39.9 Å². The predicted octanol–water partition coefficient (Wildman–Crippen LogP) is 4.18. The summed E-state index contributed by atoms with van der Waals surface area (Å²) in [5.74, 6) is 2.97. The molecule has 21 heavy (non-hydrogen) atoms. The molecule has 114 valence electrons. The van der Waals surface area contributed by atoms with Crippen molar-refractivity contribution in [2.45, 2.75) is 45.0 Å². The number of hydrogen-bond acceptors (Lipinski definition) is 3. The van der Waals surface area contributed by atoms with Gasteiger partial charge in [-0.25, -0.2) is 4.98 Å². The Bertz CT molecular complexity index is 638. The zero-order valence-corrected chi connectivity index (χ0v) is 13.6. The molecular weight excluding hydrogens is 286 g/mol. The Balaban J connectivity index is 2.05. The Labute approximate surface area is 130 Å². The first-order valence-corrected chi connectivity index (χ1v) is 8.09. The molecule has 1 fully saturated rings. The molecule has 0 saturated heterocycles. The number of ether oxygens (including phenoxy) is 1. The molecule has 2 heterocycles. The minimum absolute atomic E-state index is 0.123. The molecule has 0 amide bonds. The number of rotatable bonds is 4. The van der Waals surface area contributed by atoms with Crippen LogP contribution in [-0.4, -0.2) is 21.6 Å². The van der Waals surface area contributed by atoms with Crippen molar-refractivity contribution in [3.05, 3.63) is 18.0 Å². The third kappa shape index (κ3) is 2.73. The number of nitrogens with zero attached hydrogens (tertiary/aromatic N) is 3. The number of methoxy groups -OCH3 is 1. The summed E-state index contributed by atoms with van der Waals surface area (Å²) < 4.78 is 7.45. The van der Waals surface area contributed by atoms with Gasteiger partial charge in [-0.15, -0.1) is 11.6 Å². The predicted molar refractivity (Wildman–Crippen MR) is 84.9 cm³/mol. The molecule has 0 bridgehead atoms. The molecule has 1 saturated carbocycles. The van der Waals surface area contributed by atoms with E-state index < -0.39 is 0 Å². The minimum Gasteiger partial charge on any atom is -0.481 e. The second kappa shape index (κ2) is 5.84. The van der Waals surface area contributed by atoms with Crippen LogP contribution >= 0.6 is 11.6 Å². The maximum Gasteiger partial charge on any atom is 0.215 e. The SMILES string of the molecule is COc1ccc2nc(C(C)Cl)n(CC3CCCC3C)c2n1. The number of hydrogen-bond donors (Lipinski definition) is 0. The second-order valence-corrected chi connectivity index (χ2v) is 6.72. The van der Waals surface area contributed by atoms with E-state index in [1.165, 1.54) is 19.3 Å². The molecule has 1 aliphatic carbocycles. The molecule has 0 aliphatic heterocycles. The highest BCUT2D eigenvalue weighted by molar-refractivity contribution is 6.20. The molecular formula is C16H22ClN3O. The van der Waals surface area contributed by atoms with Crippen LogP contribution in [0.1, 0.15) is 44.3 Å². The van der Waals surface area contributed by atoms with E-state index in [4.69, 9.17) is 16.3 Å². The van der Waals surface area contributed by atoms with Gasteiger partial charge in [-0.2, -0.15) is 4.98 Å². The van der Waals surface area contributed by atoms with Gasteiger partial charge in [0, 0.05) is 12.6 Å². The number of alkyl halides is 1. The summed E-state index contributed by atoms with van der Waals surface area (Å²) in [6.45, 7) is 5.26. The highest BCUT2D eigenvalue weighted by Gasteiger charge is 2.26. The molecule has 2 aromatic heterocycles. The van der Waals surface area contributed by atoms with Gasteiger partial charge in [-0.3, -0.25) is 0 Å².